The average molecular weight is 482 g/mol. The van der Waals surface area contributed by atoms with Crippen molar-refractivity contribution in [2.24, 2.45) is 0 Å². The van der Waals surface area contributed by atoms with Crippen molar-refractivity contribution < 1.29 is 23.7 Å². The first-order valence-electron chi connectivity index (χ1n) is 10.5. The molecule has 0 N–H and O–H groups in total. The Morgan fingerprint density at radius 2 is 1.75 bits per heavy atom. The monoisotopic (exact) mass is 481 g/mol. The number of carbonyl (C=O) groups is 1. The molecule has 0 radical (unpaired) electrons. The Labute approximate surface area is 199 Å². The van der Waals surface area contributed by atoms with Gasteiger partial charge in [-0.25, -0.2) is 4.79 Å². The first-order valence-corrected chi connectivity index (χ1v) is 11.2. The van der Waals surface area contributed by atoms with Crippen LogP contribution in [0.3, 0.4) is 0 Å². The number of rotatable bonds is 5. The zero-order valence-corrected chi connectivity index (χ0v) is 20.3. The van der Waals surface area contributed by atoms with Crippen molar-refractivity contribution in [3.63, 3.8) is 0 Å². The maximum absolute atomic E-state index is 12.6. The van der Waals surface area contributed by atoms with Crippen molar-refractivity contribution in [1.82, 2.24) is 4.90 Å². The molecule has 0 aliphatic carbocycles. The molecule has 0 saturated carbocycles. The summed E-state index contributed by atoms with van der Waals surface area (Å²) in [5.41, 5.74) is -0.542. The third kappa shape index (κ3) is 6.21. The van der Waals surface area contributed by atoms with Crippen LogP contribution in [0.25, 0.3) is 0 Å². The van der Waals surface area contributed by atoms with Crippen molar-refractivity contribution >= 4 is 29.3 Å². The topological polar surface area (TPSA) is 57.2 Å². The van der Waals surface area contributed by atoms with Crippen LogP contribution in [0.1, 0.15) is 32.8 Å². The molecule has 32 heavy (non-hydrogen) atoms. The van der Waals surface area contributed by atoms with Crippen molar-refractivity contribution in [3.05, 3.63) is 58.1 Å². The largest absolute Gasteiger partial charge is 0.497 e. The van der Waals surface area contributed by atoms with E-state index in [2.05, 4.69) is 0 Å². The standard InChI is InChI=1S/C24H29Cl2NO5/c1-23(2,3)32-22(28)27-12-11-24(31-14-13-27,17-5-10-20(25)21(26)15-17)16-30-19-8-6-18(29-4)7-9-19/h5-10,15H,11-14,16H2,1-4H3. The fourth-order valence-corrected chi connectivity index (χ4v) is 3.73. The Kier molecular flexibility index (Phi) is 7.80. The number of carbonyl (C=O) groups excluding carboxylic acids is 1. The summed E-state index contributed by atoms with van der Waals surface area (Å²) in [7, 11) is 1.62. The van der Waals surface area contributed by atoms with Gasteiger partial charge in [0.2, 0.25) is 0 Å². The normalized spacial score (nSPS) is 19.2. The van der Waals surface area contributed by atoms with Gasteiger partial charge in [0.1, 0.15) is 29.3 Å². The highest BCUT2D eigenvalue weighted by molar-refractivity contribution is 6.42. The van der Waals surface area contributed by atoms with E-state index in [0.29, 0.717) is 41.9 Å². The first-order chi connectivity index (χ1) is 15.1. The molecular weight excluding hydrogens is 453 g/mol. The summed E-state index contributed by atoms with van der Waals surface area (Å²) in [4.78, 5) is 14.3. The van der Waals surface area contributed by atoms with Gasteiger partial charge in [-0.1, -0.05) is 29.3 Å². The van der Waals surface area contributed by atoms with Gasteiger partial charge in [0.25, 0.3) is 0 Å². The second kappa shape index (κ2) is 10.2. The van der Waals surface area contributed by atoms with E-state index in [1.165, 1.54) is 0 Å². The number of hydrogen-bond donors (Lipinski definition) is 0. The molecule has 2 aromatic carbocycles. The minimum atomic E-state index is -0.815. The molecule has 174 valence electrons. The van der Waals surface area contributed by atoms with E-state index in [1.54, 1.807) is 24.1 Å². The Morgan fingerprint density at radius 3 is 2.38 bits per heavy atom. The van der Waals surface area contributed by atoms with Crippen LogP contribution in [0.4, 0.5) is 4.79 Å². The highest BCUT2D eigenvalue weighted by Crippen LogP contribution is 2.36. The number of methoxy groups -OCH3 is 1. The van der Waals surface area contributed by atoms with E-state index in [4.69, 9.17) is 42.1 Å². The van der Waals surface area contributed by atoms with Gasteiger partial charge in [-0.2, -0.15) is 0 Å². The Balaban J connectivity index is 1.83. The van der Waals surface area contributed by atoms with Crippen molar-refractivity contribution in [1.29, 1.82) is 0 Å². The lowest BCUT2D eigenvalue weighted by Gasteiger charge is -2.33. The molecule has 1 unspecified atom stereocenters. The molecular formula is C24H29Cl2NO5. The van der Waals surface area contributed by atoms with Crippen LogP contribution in [-0.4, -0.2) is 50.0 Å². The molecule has 1 aliphatic heterocycles. The summed E-state index contributed by atoms with van der Waals surface area (Å²) in [6, 6.07) is 12.8. The number of amides is 1. The predicted molar refractivity (Wildman–Crippen MR) is 125 cm³/mol. The average Bonchev–Trinajstić information content (AvgIpc) is 2.97. The van der Waals surface area contributed by atoms with E-state index in [1.807, 2.05) is 51.1 Å². The predicted octanol–water partition coefficient (Wildman–Crippen LogP) is 5.93. The summed E-state index contributed by atoms with van der Waals surface area (Å²) < 4.78 is 23.2. The highest BCUT2D eigenvalue weighted by Gasteiger charge is 2.39. The molecule has 3 rings (SSSR count). The van der Waals surface area contributed by atoms with Gasteiger partial charge in [0, 0.05) is 19.5 Å². The summed E-state index contributed by atoms with van der Waals surface area (Å²) in [6.45, 7) is 6.97. The van der Waals surface area contributed by atoms with Crippen LogP contribution in [0.2, 0.25) is 10.0 Å². The highest BCUT2D eigenvalue weighted by atomic mass is 35.5. The maximum atomic E-state index is 12.6. The number of ether oxygens (including phenoxy) is 4. The van der Waals surface area contributed by atoms with E-state index < -0.39 is 11.2 Å². The molecule has 2 aromatic rings. The van der Waals surface area contributed by atoms with Crippen molar-refractivity contribution in [2.75, 3.05) is 33.4 Å². The molecule has 0 bridgehead atoms. The summed E-state index contributed by atoms with van der Waals surface area (Å²) in [5.74, 6) is 1.43. The van der Waals surface area contributed by atoms with Crippen molar-refractivity contribution in [2.45, 2.75) is 38.4 Å². The number of benzene rings is 2. The molecule has 1 heterocycles. The third-order valence-corrected chi connectivity index (χ3v) is 5.89. The zero-order valence-electron chi connectivity index (χ0n) is 18.8. The number of nitrogens with zero attached hydrogens (tertiary/aromatic N) is 1. The molecule has 0 aromatic heterocycles. The lowest BCUT2D eigenvalue weighted by Crippen LogP contribution is -2.39. The summed E-state index contributed by atoms with van der Waals surface area (Å²) in [5, 5.41) is 0.899. The van der Waals surface area contributed by atoms with Crippen LogP contribution < -0.4 is 9.47 Å². The lowest BCUT2D eigenvalue weighted by molar-refractivity contribution is -0.0726. The van der Waals surface area contributed by atoms with Crippen LogP contribution in [0, 0.1) is 0 Å². The Bertz CT molecular complexity index is 929. The molecule has 6 nitrogen and oxygen atoms in total. The van der Waals surface area contributed by atoms with Gasteiger partial charge in [0.15, 0.2) is 0 Å². The van der Waals surface area contributed by atoms with Crippen LogP contribution in [0.15, 0.2) is 42.5 Å². The van der Waals surface area contributed by atoms with Gasteiger partial charge in [0.05, 0.1) is 23.8 Å². The van der Waals surface area contributed by atoms with E-state index in [0.717, 1.165) is 11.3 Å². The molecule has 1 aliphatic rings. The minimum Gasteiger partial charge on any atom is -0.497 e. The Morgan fingerprint density at radius 1 is 1.06 bits per heavy atom. The quantitative estimate of drug-likeness (QED) is 0.529. The molecule has 1 atom stereocenters. The molecule has 1 saturated heterocycles. The second-order valence-corrected chi connectivity index (χ2v) is 9.47. The third-order valence-electron chi connectivity index (χ3n) is 5.15. The molecule has 1 amide bonds. The fourth-order valence-electron chi connectivity index (χ4n) is 3.44. The number of hydrogen-bond acceptors (Lipinski definition) is 5. The van der Waals surface area contributed by atoms with Crippen LogP contribution in [-0.2, 0) is 15.1 Å². The molecule has 0 spiro atoms. The number of halogens is 2. The maximum Gasteiger partial charge on any atom is 0.410 e. The zero-order chi connectivity index (χ0) is 23.4. The van der Waals surface area contributed by atoms with Crippen LogP contribution in [0.5, 0.6) is 11.5 Å². The summed E-state index contributed by atoms with van der Waals surface area (Å²) >= 11 is 12.5. The van der Waals surface area contributed by atoms with Gasteiger partial charge in [-0.15, -0.1) is 0 Å². The molecule has 8 heteroatoms. The van der Waals surface area contributed by atoms with E-state index in [-0.39, 0.29) is 12.7 Å². The van der Waals surface area contributed by atoms with Gasteiger partial charge < -0.3 is 23.8 Å². The van der Waals surface area contributed by atoms with E-state index in [9.17, 15) is 4.79 Å². The SMILES string of the molecule is COc1ccc(OCC2(c3ccc(Cl)c(Cl)c3)CCN(C(=O)OC(C)(C)C)CCO2)cc1. The summed E-state index contributed by atoms with van der Waals surface area (Å²) in [6.07, 6.45) is 0.141. The van der Waals surface area contributed by atoms with Gasteiger partial charge in [-0.05, 0) is 62.7 Å². The minimum absolute atomic E-state index is 0.236. The fraction of sp³-hybridized carbons (Fsp3) is 0.458. The first kappa shape index (κ1) is 24.5. The van der Waals surface area contributed by atoms with Crippen LogP contribution >= 0.6 is 23.2 Å². The molecule has 1 fully saturated rings. The smallest absolute Gasteiger partial charge is 0.410 e. The second-order valence-electron chi connectivity index (χ2n) is 8.65. The van der Waals surface area contributed by atoms with Gasteiger partial charge >= 0.3 is 6.09 Å². The van der Waals surface area contributed by atoms with E-state index >= 15 is 0 Å². The van der Waals surface area contributed by atoms with Gasteiger partial charge in [-0.3, -0.25) is 0 Å². The lowest BCUT2D eigenvalue weighted by atomic mass is 9.90. The Hall–Kier alpha value is -2.15. The van der Waals surface area contributed by atoms with Crippen molar-refractivity contribution in [3.8, 4) is 11.5 Å².